The van der Waals surface area contributed by atoms with Crippen LogP contribution in [0.2, 0.25) is 0 Å². The number of hydrogen-bond acceptors (Lipinski definition) is 6. The number of aryl methyl sites for hydroxylation is 1. The molecule has 0 amide bonds. The zero-order valence-corrected chi connectivity index (χ0v) is 13.9. The van der Waals surface area contributed by atoms with Crippen molar-refractivity contribution in [1.82, 2.24) is 14.9 Å². The van der Waals surface area contributed by atoms with Crippen molar-refractivity contribution in [2.24, 2.45) is 0 Å². The number of aromatic nitrogens is 2. The summed E-state index contributed by atoms with van der Waals surface area (Å²) >= 11 is 1.77. The number of nitrogen functional groups attached to an aromatic ring is 1. The molecule has 0 saturated carbocycles. The van der Waals surface area contributed by atoms with Gasteiger partial charge in [0, 0.05) is 17.0 Å². The monoisotopic (exact) mass is 305 g/mol. The molecule has 0 aliphatic heterocycles. The Kier molecular flexibility index (Phi) is 5.14. The van der Waals surface area contributed by atoms with Gasteiger partial charge in [-0.2, -0.15) is 4.98 Å². The van der Waals surface area contributed by atoms with Crippen molar-refractivity contribution in [2.45, 2.75) is 26.3 Å². The Morgan fingerprint density at radius 1 is 1.38 bits per heavy atom. The van der Waals surface area contributed by atoms with E-state index in [1.807, 2.05) is 6.92 Å². The second-order valence-corrected chi connectivity index (χ2v) is 6.21. The fourth-order valence-electron chi connectivity index (χ4n) is 2.31. The first kappa shape index (κ1) is 15.7. The molecule has 0 aliphatic rings. The molecule has 0 bridgehead atoms. The molecule has 1 atom stereocenters. The average molecular weight is 305 g/mol. The zero-order valence-electron chi connectivity index (χ0n) is 13.1. The Morgan fingerprint density at radius 3 is 2.71 bits per heavy atom. The molecule has 0 fully saturated rings. The van der Waals surface area contributed by atoms with Crippen LogP contribution in [-0.4, -0.2) is 35.5 Å². The summed E-state index contributed by atoms with van der Waals surface area (Å²) < 4.78 is 0. The predicted octanol–water partition coefficient (Wildman–Crippen LogP) is 2.71. The van der Waals surface area contributed by atoms with Gasteiger partial charge in [0.2, 0.25) is 5.95 Å². The Hall–Kier alpha value is -1.66. The Labute approximate surface area is 130 Å². The fraction of sp³-hybridized carbons (Fsp3) is 0.467. The first-order chi connectivity index (χ1) is 10.0. The van der Waals surface area contributed by atoms with Gasteiger partial charge in [-0.3, -0.25) is 0 Å². The van der Waals surface area contributed by atoms with Crippen molar-refractivity contribution < 1.29 is 0 Å². The molecule has 2 aromatic rings. The van der Waals surface area contributed by atoms with Gasteiger partial charge in [-0.25, -0.2) is 4.98 Å². The van der Waals surface area contributed by atoms with Crippen LogP contribution in [0.15, 0.2) is 17.5 Å². The van der Waals surface area contributed by atoms with E-state index in [1.54, 1.807) is 11.3 Å². The predicted molar refractivity (Wildman–Crippen MR) is 89.8 cm³/mol. The average Bonchev–Trinajstić information content (AvgIpc) is 2.95. The third-order valence-corrected chi connectivity index (χ3v) is 4.53. The summed E-state index contributed by atoms with van der Waals surface area (Å²) in [5, 5.41) is 5.54. The van der Waals surface area contributed by atoms with Crippen molar-refractivity contribution in [3.63, 3.8) is 0 Å². The van der Waals surface area contributed by atoms with Crippen LogP contribution in [0.4, 0.5) is 11.8 Å². The molecule has 3 N–H and O–H groups in total. The number of nitrogens with two attached hydrogens (primary N) is 1. The van der Waals surface area contributed by atoms with Crippen LogP contribution in [0.25, 0.3) is 0 Å². The van der Waals surface area contributed by atoms with Gasteiger partial charge in [-0.05, 0) is 38.9 Å². The van der Waals surface area contributed by atoms with Crippen LogP contribution in [0, 0.1) is 6.92 Å². The molecule has 2 heterocycles. The van der Waals surface area contributed by atoms with Gasteiger partial charge in [0.05, 0.1) is 11.7 Å². The maximum absolute atomic E-state index is 5.79. The Balaban J connectivity index is 2.16. The van der Waals surface area contributed by atoms with Gasteiger partial charge >= 0.3 is 0 Å². The van der Waals surface area contributed by atoms with Crippen molar-refractivity contribution in [2.75, 3.05) is 31.7 Å². The number of nitrogens with zero attached hydrogens (tertiary/aromatic N) is 3. The van der Waals surface area contributed by atoms with Crippen molar-refractivity contribution >= 4 is 23.1 Å². The minimum atomic E-state index is 0.311. The number of nitrogens with one attached hydrogen (secondary N) is 1. The number of likely N-dealkylation sites (N-methyl/N-ethyl adjacent to an activating group) is 1. The molecule has 2 aromatic heterocycles. The van der Waals surface area contributed by atoms with Gasteiger partial charge in [-0.15, -0.1) is 11.3 Å². The smallest absolute Gasteiger partial charge is 0.222 e. The van der Waals surface area contributed by atoms with Gasteiger partial charge in [0.1, 0.15) is 5.82 Å². The second kappa shape index (κ2) is 6.87. The molecule has 0 aromatic carbocycles. The number of rotatable bonds is 6. The minimum absolute atomic E-state index is 0.311. The molecule has 0 radical (unpaired) electrons. The lowest BCUT2D eigenvalue weighted by molar-refractivity contribution is 0.316. The highest BCUT2D eigenvalue weighted by molar-refractivity contribution is 7.10. The molecular weight excluding hydrogens is 282 g/mol. The summed E-state index contributed by atoms with van der Waals surface area (Å²) in [7, 11) is 4.18. The Morgan fingerprint density at radius 2 is 2.14 bits per heavy atom. The summed E-state index contributed by atoms with van der Waals surface area (Å²) in [6, 6.07) is 4.56. The molecule has 6 heteroatoms. The van der Waals surface area contributed by atoms with Crippen LogP contribution < -0.4 is 11.1 Å². The molecular formula is C15H23N5S. The SMILES string of the molecule is CCc1nc(N)nc(NCC(c2cccs2)N(C)C)c1C. The third-order valence-electron chi connectivity index (χ3n) is 3.56. The molecule has 114 valence electrons. The van der Waals surface area contributed by atoms with Crippen molar-refractivity contribution in [3.05, 3.63) is 33.6 Å². The van der Waals surface area contributed by atoms with E-state index in [0.717, 1.165) is 30.0 Å². The van der Waals surface area contributed by atoms with E-state index < -0.39 is 0 Å². The quantitative estimate of drug-likeness (QED) is 0.859. The molecule has 0 spiro atoms. The van der Waals surface area contributed by atoms with Crippen LogP contribution in [-0.2, 0) is 6.42 Å². The number of hydrogen-bond donors (Lipinski definition) is 2. The highest BCUT2D eigenvalue weighted by Crippen LogP contribution is 2.24. The van der Waals surface area contributed by atoms with E-state index in [-0.39, 0.29) is 0 Å². The van der Waals surface area contributed by atoms with E-state index >= 15 is 0 Å². The molecule has 5 nitrogen and oxygen atoms in total. The van der Waals surface area contributed by atoms with Gasteiger partial charge in [0.25, 0.3) is 0 Å². The molecule has 0 saturated heterocycles. The zero-order chi connectivity index (χ0) is 15.4. The number of anilines is 2. The van der Waals surface area contributed by atoms with Crippen LogP contribution in [0.3, 0.4) is 0 Å². The number of thiophene rings is 1. The highest BCUT2D eigenvalue weighted by Gasteiger charge is 2.16. The van der Waals surface area contributed by atoms with Crippen LogP contribution in [0.5, 0.6) is 0 Å². The maximum Gasteiger partial charge on any atom is 0.222 e. The largest absolute Gasteiger partial charge is 0.368 e. The topological polar surface area (TPSA) is 67.1 Å². The lowest BCUT2D eigenvalue weighted by Crippen LogP contribution is -2.26. The van der Waals surface area contributed by atoms with E-state index in [1.165, 1.54) is 4.88 Å². The summed E-state index contributed by atoms with van der Waals surface area (Å²) in [6.45, 7) is 4.90. The van der Waals surface area contributed by atoms with Crippen LogP contribution in [0.1, 0.15) is 29.1 Å². The summed E-state index contributed by atoms with van der Waals surface area (Å²) in [5.41, 5.74) is 7.88. The Bertz CT molecular complexity index is 580. The standard InChI is InChI=1S/C15H23N5S/c1-5-11-10(2)14(19-15(16)18-11)17-9-12(20(3)4)13-7-6-8-21-13/h6-8,12H,5,9H2,1-4H3,(H3,16,17,18,19). The molecule has 1 unspecified atom stereocenters. The van der Waals surface area contributed by atoms with Gasteiger partial charge in [0.15, 0.2) is 0 Å². The lowest BCUT2D eigenvalue weighted by Gasteiger charge is -2.24. The maximum atomic E-state index is 5.79. The molecule has 2 rings (SSSR count). The normalized spacial score (nSPS) is 12.6. The second-order valence-electron chi connectivity index (χ2n) is 5.23. The summed E-state index contributed by atoms with van der Waals surface area (Å²) in [6.07, 6.45) is 0.856. The third kappa shape index (κ3) is 3.71. The van der Waals surface area contributed by atoms with E-state index in [4.69, 9.17) is 5.73 Å². The van der Waals surface area contributed by atoms with Crippen LogP contribution >= 0.6 is 11.3 Å². The van der Waals surface area contributed by atoms with Crippen molar-refractivity contribution in [1.29, 1.82) is 0 Å². The van der Waals surface area contributed by atoms with Gasteiger partial charge in [-0.1, -0.05) is 13.0 Å². The van der Waals surface area contributed by atoms with E-state index in [0.29, 0.717) is 12.0 Å². The van der Waals surface area contributed by atoms with E-state index in [2.05, 4.69) is 58.7 Å². The molecule has 21 heavy (non-hydrogen) atoms. The van der Waals surface area contributed by atoms with E-state index in [9.17, 15) is 0 Å². The van der Waals surface area contributed by atoms with Gasteiger partial charge < -0.3 is 16.0 Å². The first-order valence-corrected chi connectivity index (χ1v) is 7.97. The summed E-state index contributed by atoms with van der Waals surface area (Å²) in [4.78, 5) is 12.2. The van der Waals surface area contributed by atoms with Crippen molar-refractivity contribution in [3.8, 4) is 0 Å². The fourth-order valence-corrected chi connectivity index (χ4v) is 3.23. The summed E-state index contributed by atoms with van der Waals surface area (Å²) in [5.74, 6) is 1.17. The first-order valence-electron chi connectivity index (χ1n) is 7.09. The minimum Gasteiger partial charge on any atom is -0.368 e. The highest BCUT2D eigenvalue weighted by atomic mass is 32.1. The lowest BCUT2D eigenvalue weighted by atomic mass is 10.2. The molecule has 0 aliphatic carbocycles.